The molecule has 0 radical (unpaired) electrons. The number of sulfone groups is 1. The Morgan fingerprint density at radius 3 is 2.59 bits per heavy atom. The topological polar surface area (TPSA) is 123 Å². The van der Waals surface area contributed by atoms with Crippen molar-refractivity contribution in [3.05, 3.63) is 88.2 Å². The van der Waals surface area contributed by atoms with Crippen LogP contribution in [0.2, 0.25) is 0 Å². The Kier molecular flexibility index (Phi) is 6.40. The van der Waals surface area contributed by atoms with Crippen LogP contribution in [-0.2, 0) is 16.4 Å². The van der Waals surface area contributed by atoms with Crippen LogP contribution in [0.25, 0.3) is 10.2 Å². The third kappa shape index (κ3) is 4.66. The zero-order valence-corrected chi connectivity index (χ0v) is 19.9. The molecule has 34 heavy (non-hydrogen) atoms. The predicted molar refractivity (Wildman–Crippen MR) is 130 cm³/mol. The summed E-state index contributed by atoms with van der Waals surface area (Å²) in [4.78, 5) is 34.5. The summed E-state index contributed by atoms with van der Waals surface area (Å²) in [5.41, 5.74) is 1.23. The number of anilines is 1. The van der Waals surface area contributed by atoms with Gasteiger partial charge < -0.3 is 0 Å². The van der Waals surface area contributed by atoms with Crippen LogP contribution in [0.15, 0.2) is 71.8 Å². The Hall–Kier alpha value is -3.70. The minimum atomic E-state index is -3.58. The summed E-state index contributed by atoms with van der Waals surface area (Å²) in [6.45, 7) is 3.25. The van der Waals surface area contributed by atoms with Crippen molar-refractivity contribution in [1.29, 1.82) is 0 Å². The summed E-state index contributed by atoms with van der Waals surface area (Å²) in [6.07, 6.45) is 1.61. The number of nitro groups is 1. The fourth-order valence-electron chi connectivity index (χ4n) is 3.24. The van der Waals surface area contributed by atoms with Crippen molar-refractivity contribution in [1.82, 2.24) is 9.97 Å². The van der Waals surface area contributed by atoms with Gasteiger partial charge in [-0.15, -0.1) is 0 Å². The molecular formula is C23H20N4O5S2. The van der Waals surface area contributed by atoms with Gasteiger partial charge in [0, 0.05) is 23.9 Å². The lowest BCUT2D eigenvalue weighted by Crippen LogP contribution is -2.31. The second kappa shape index (κ2) is 9.27. The number of carbonyl (C=O) groups is 1. The van der Waals surface area contributed by atoms with Gasteiger partial charge in [0.2, 0.25) is 0 Å². The summed E-state index contributed by atoms with van der Waals surface area (Å²) in [7, 11) is -3.58. The summed E-state index contributed by atoms with van der Waals surface area (Å²) < 4.78 is 25.8. The fourth-order valence-corrected chi connectivity index (χ4v) is 5.34. The van der Waals surface area contributed by atoms with Gasteiger partial charge >= 0.3 is 0 Å². The Bertz CT molecular complexity index is 1480. The van der Waals surface area contributed by atoms with Gasteiger partial charge in [0.05, 0.1) is 37.5 Å². The molecule has 2 heterocycles. The van der Waals surface area contributed by atoms with Crippen molar-refractivity contribution >= 4 is 48.1 Å². The SMILES string of the molecule is CC(C)S(=O)(=O)c1cccc(C(=O)N(Cc2ccccn2)c2nc3ccc([N+](=O)[O-])cc3s2)c1. The number of pyridine rings is 1. The molecule has 0 aliphatic heterocycles. The molecule has 0 fully saturated rings. The van der Waals surface area contributed by atoms with E-state index in [9.17, 15) is 23.3 Å². The highest BCUT2D eigenvalue weighted by Crippen LogP contribution is 2.33. The molecule has 0 spiro atoms. The normalized spacial score (nSPS) is 11.6. The van der Waals surface area contributed by atoms with E-state index < -0.39 is 25.9 Å². The smallest absolute Gasteiger partial charge is 0.270 e. The minimum absolute atomic E-state index is 0.0612. The standard InChI is InChI=1S/C23H20N4O5S2/c1-15(2)34(31,32)19-8-5-6-16(12-19)22(28)26(14-17-7-3-4-11-24-17)23-25-20-10-9-18(27(29)30)13-21(20)33-23/h3-13,15H,14H2,1-2H3. The first-order valence-electron chi connectivity index (χ1n) is 10.3. The largest absolute Gasteiger partial charge is 0.278 e. The van der Waals surface area contributed by atoms with Crippen LogP contribution in [-0.4, -0.2) is 34.5 Å². The van der Waals surface area contributed by atoms with Gasteiger partial charge in [-0.25, -0.2) is 13.4 Å². The number of hydrogen-bond donors (Lipinski definition) is 0. The van der Waals surface area contributed by atoms with Gasteiger partial charge in [-0.05, 0) is 50.2 Å². The molecule has 2 aromatic carbocycles. The van der Waals surface area contributed by atoms with Gasteiger partial charge in [0.1, 0.15) is 0 Å². The Morgan fingerprint density at radius 2 is 1.91 bits per heavy atom. The number of amides is 1. The molecule has 4 rings (SSSR count). The summed E-state index contributed by atoms with van der Waals surface area (Å²) in [5.74, 6) is -0.458. The lowest BCUT2D eigenvalue weighted by molar-refractivity contribution is -0.384. The van der Waals surface area contributed by atoms with E-state index in [1.165, 1.54) is 41.3 Å². The molecule has 11 heteroatoms. The van der Waals surface area contributed by atoms with Gasteiger partial charge in [-0.3, -0.25) is 24.8 Å². The van der Waals surface area contributed by atoms with Gasteiger partial charge in [-0.2, -0.15) is 0 Å². The molecule has 4 aromatic rings. The first kappa shape index (κ1) is 23.5. The van der Waals surface area contributed by atoms with Crippen molar-refractivity contribution in [2.45, 2.75) is 30.5 Å². The van der Waals surface area contributed by atoms with Crippen LogP contribution in [0.3, 0.4) is 0 Å². The van der Waals surface area contributed by atoms with E-state index in [1.807, 2.05) is 0 Å². The van der Waals surface area contributed by atoms with Crippen molar-refractivity contribution in [2.24, 2.45) is 0 Å². The van der Waals surface area contributed by atoms with Crippen LogP contribution in [0.5, 0.6) is 0 Å². The number of thiazole rings is 1. The summed E-state index contributed by atoms with van der Waals surface area (Å²) in [5, 5.41) is 10.8. The first-order valence-corrected chi connectivity index (χ1v) is 12.6. The fraction of sp³-hybridized carbons (Fsp3) is 0.174. The number of nitro benzene ring substituents is 1. The quantitative estimate of drug-likeness (QED) is 0.270. The van der Waals surface area contributed by atoms with Gasteiger partial charge in [0.15, 0.2) is 15.0 Å². The zero-order valence-electron chi connectivity index (χ0n) is 18.3. The molecule has 0 bridgehead atoms. The molecule has 0 aliphatic carbocycles. The number of fused-ring (bicyclic) bond motifs is 1. The minimum Gasteiger partial charge on any atom is -0.278 e. The highest BCUT2D eigenvalue weighted by molar-refractivity contribution is 7.92. The third-order valence-electron chi connectivity index (χ3n) is 5.12. The Labute approximate surface area is 199 Å². The Morgan fingerprint density at radius 1 is 1.12 bits per heavy atom. The van der Waals surface area contributed by atoms with E-state index in [1.54, 1.807) is 44.3 Å². The second-order valence-electron chi connectivity index (χ2n) is 7.74. The maximum absolute atomic E-state index is 13.6. The molecule has 174 valence electrons. The maximum Gasteiger partial charge on any atom is 0.270 e. The number of hydrogen-bond acceptors (Lipinski definition) is 8. The van der Waals surface area contributed by atoms with Crippen LogP contribution in [0.1, 0.15) is 29.9 Å². The second-order valence-corrected chi connectivity index (χ2v) is 11.3. The number of carbonyl (C=O) groups excluding carboxylic acids is 1. The van der Waals surface area contributed by atoms with E-state index in [0.717, 1.165) is 11.3 Å². The highest BCUT2D eigenvalue weighted by atomic mass is 32.2. The van der Waals surface area contributed by atoms with Crippen molar-refractivity contribution in [2.75, 3.05) is 4.90 Å². The molecule has 0 saturated carbocycles. The van der Waals surface area contributed by atoms with E-state index in [4.69, 9.17) is 0 Å². The molecule has 0 atom stereocenters. The molecule has 1 amide bonds. The molecule has 2 aromatic heterocycles. The molecule has 0 N–H and O–H groups in total. The van der Waals surface area contributed by atoms with Gasteiger partial charge in [0.25, 0.3) is 11.6 Å². The monoisotopic (exact) mass is 496 g/mol. The van der Waals surface area contributed by atoms with E-state index >= 15 is 0 Å². The molecule has 9 nitrogen and oxygen atoms in total. The van der Waals surface area contributed by atoms with Crippen molar-refractivity contribution < 1.29 is 18.1 Å². The zero-order chi connectivity index (χ0) is 24.5. The lowest BCUT2D eigenvalue weighted by atomic mass is 10.2. The molecule has 0 unspecified atom stereocenters. The predicted octanol–water partition coefficient (Wildman–Crippen LogP) is 4.63. The number of nitrogens with zero attached hydrogens (tertiary/aromatic N) is 4. The first-order chi connectivity index (χ1) is 16.2. The highest BCUT2D eigenvalue weighted by Gasteiger charge is 2.25. The number of benzene rings is 2. The average molecular weight is 497 g/mol. The van der Waals surface area contributed by atoms with E-state index in [2.05, 4.69) is 9.97 Å². The van der Waals surface area contributed by atoms with Crippen molar-refractivity contribution in [3.8, 4) is 0 Å². The number of rotatable bonds is 7. The number of aromatic nitrogens is 2. The van der Waals surface area contributed by atoms with Crippen LogP contribution < -0.4 is 4.90 Å². The van der Waals surface area contributed by atoms with Crippen molar-refractivity contribution in [3.63, 3.8) is 0 Å². The summed E-state index contributed by atoms with van der Waals surface area (Å²) >= 11 is 1.14. The average Bonchev–Trinajstić information content (AvgIpc) is 3.25. The van der Waals surface area contributed by atoms with E-state index in [0.29, 0.717) is 21.0 Å². The van der Waals surface area contributed by atoms with Crippen LogP contribution in [0.4, 0.5) is 10.8 Å². The van der Waals surface area contributed by atoms with Crippen LogP contribution in [0, 0.1) is 10.1 Å². The number of non-ortho nitro benzene ring substituents is 1. The third-order valence-corrected chi connectivity index (χ3v) is 8.32. The van der Waals surface area contributed by atoms with Gasteiger partial charge in [-0.1, -0.05) is 23.5 Å². The Balaban J connectivity index is 1.79. The molecular weight excluding hydrogens is 476 g/mol. The summed E-state index contributed by atoms with van der Waals surface area (Å²) in [6, 6.07) is 15.5. The maximum atomic E-state index is 13.6. The lowest BCUT2D eigenvalue weighted by Gasteiger charge is -2.20. The van der Waals surface area contributed by atoms with Crippen LogP contribution >= 0.6 is 11.3 Å². The molecule has 0 aliphatic rings. The van der Waals surface area contributed by atoms with E-state index in [-0.39, 0.29) is 22.7 Å². The molecule has 0 saturated heterocycles.